The van der Waals surface area contributed by atoms with Gasteiger partial charge in [0.25, 0.3) is 11.8 Å². The number of carbonyl (C=O) groups is 2. The summed E-state index contributed by atoms with van der Waals surface area (Å²) in [5.74, 6) is -1.87. The summed E-state index contributed by atoms with van der Waals surface area (Å²) in [4.78, 5) is 34.4. The summed E-state index contributed by atoms with van der Waals surface area (Å²) in [6.45, 7) is 1.88. The number of aryl methyl sites for hydroxylation is 1. The molecule has 2 aliphatic rings. The molecule has 0 radical (unpaired) electrons. The van der Waals surface area contributed by atoms with Crippen LogP contribution in [0.25, 0.3) is 0 Å². The van der Waals surface area contributed by atoms with Gasteiger partial charge in [0.15, 0.2) is 0 Å². The van der Waals surface area contributed by atoms with E-state index >= 15 is 0 Å². The quantitative estimate of drug-likeness (QED) is 0.218. The van der Waals surface area contributed by atoms with E-state index < -0.39 is 57.2 Å². The minimum Gasteiger partial charge on any atom is -0.474 e. The number of thiophene rings is 1. The Hall–Kier alpha value is -4.16. The fourth-order valence-corrected chi connectivity index (χ4v) is 8.05. The third kappa shape index (κ3) is 7.72. The lowest BCUT2D eigenvalue weighted by Gasteiger charge is -2.51. The molecule has 5 rings (SSSR count). The molecule has 2 amide bonds. The molecule has 2 aromatic heterocycles. The number of pyridine rings is 1. The highest BCUT2D eigenvalue weighted by atomic mass is 32.1. The van der Waals surface area contributed by atoms with Crippen LogP contribution in [0.4, 0.5) is 26.3 Å². The van der Waals surface area contributed by atoms with E-state index in [1.165, 1.54) is 9.80 Å². The van der Waals surface area contributed by atoms with Crippen LogP contribution in [-0.2, 0) is 29.0 Å². The van der Waals surface area contributed by atoms with Gasteiger partial charge in [-0.2, -0.15) is 31.6 Å². The van der Waals surface area contributed by atoms with E-state index in [1.54, 1.807) is 6.92 Å². The molecular weight excluding hydrogens is 698 g/mol. The topological polar surface area (TPSA) is 107 Å². The third-order valence-electron chi connectivity index (χ3n) is 9.81. The Balaban J connectivity index is 1.54. The fourth-order valence-electron chi connectivity index (χ4n) is 7.38. The lowest BCUT2D eigenvalue weighted by atomic mass is 9.71. The average molecular weight is 737 g/mol. The molecule has 2 atom stereocenters. The minimum atomic E-state index is -4.88. The number of piperidine rings is 2. The van der Waals surface area contributed by atoms with E-state index in [4.69, 9.17) is 4.74 Å². The van der Waals surface area contributed by atoms with Crippen molar-refractivity contribution in [1.29, 1.82) is 5.26 Å². The number of hydrogen-bond acceptors (Lipinski definition) is 7. The van der Waals surface area contributed by atoms with E-state index in [1.807, 2.05) is 24.3 Å². The summed E-state index contributed by atoms with van der Waals surface area (Å²) in [5.41, 5.74) is -3.11. The molecule has 1 aromatic carbocycles. The molecule has 8 nitrogen and oxygen atoms in total. The molecule has 15 heteroatoms. The maximum absolute atomic E-state index is 14.9. The first-order valence-electron chi connectivity index (χ1n) is 16.8. The number of hydrogen-bond donors (Lipinski definition) is 1. The van der Waals surface area contributed by atoms with E-state index in [0.717, 1.165) is 35.0 Å². The van der Waals surface area contributed by atoms with Crippen LogP contribution in [0.5, 0.6) is 5.75 Å². The van der Waals surface area contributed by atoms with Gasteiger partial charge in [-0.05, 0) is 55.7 Å². The molecule has 0 aliphatic carbocycles. The van der Waals surface area contributed by atoms with Gasteiger partial charge in [-0.1, -0.05) is 37.6 Å². The number of ether oxygens (including phenoxy) is 1. The van der Waals surface area contributed by atoms with Gasteiger partial charge in [-0.25, -0.2) is 0 Å². The Kier molecular flexibility index (Phi) is 11.4. The number of aliphatic hydroxyl groups is 1. The highest BCUT2D eigenvalue weighted by Gasteiger charge is 2.56. The number of rotatable bonds is 10. The van der Waals surface area contributed by atoms with E-state index in [2.05, 4.69) is 11.1 Å². The third-order valence-corrected chi connectivity index (χ3v) is 10.8. The Morgan fingerprint density at radius 3 is 2.43 bits per heavy atom. The Morgan fingerprint density at radius 1 is 1.08 bits per heavy atom. The van der Waals surface area contributed by atoms with Gasteiger partial charge < -0.3 is 19.6 Å². The van der Waals surface area contributed by atoms with Crippen molar-refractivity contribution < 1.29 is 45.8 Å². The van der Waals surface area contributed by atoms with Crippen molar-refractivity contribution in [2.24, 2.45) is 0 Å². The van der Waals surface area contributed by atoms with Crippen molar-refractivity contribution in [2.75, 3.05) is 26.2 Å². The molecule has 2 fully saturated rings. The predicted molar refractivity (Wildman–Crippen MR) is 176 cm³/mol. The van der Waals surface area contributed by atoms with Crippen LogP contribution in [0.15, 0.2) is 54.2 Å². The minimum absolute atomic E-state index is 0.0134. The summed E-state index contributed by atoms with van der Waals surface area (Å²) in [7, 11) is 0. The normalized spacial score (nSPS) is 20.9. The van der Waals surface area contributed by atoms with Crippen LogP contribution >= 0.6 is 11.3 Å². The first kappa shape index (κ1) is 38.1. The molecule has 274 valence electrons. The van der Waals surface area contributed by atoms with Crippen molar-refractivity contribution >= 4 is 23.2 Å². The monoisotopic (exact) mass is 736 g/mol. The Bertz CT molecular complexity index is 1750. The number of likely N-dealkylation sites (tertiary alicyclic amines) is 2. The zero-order valence-corrected chi connectivity index (χ0v) is 28.7. The zero-order valence-electron chi connectivity index (χ0n) is 27.9. The first-order valence-corrected chi connectivity index (χ1v) is 17.7. The maximum Gasteiger partial charge on any atom is 0.425 e. The van der Waals surface area contributed by atoms with Gasteiger partial charge in [-0.3, -0.25) is 14.6 Å². The maximum atomic E-state index is 14.9. The second-order valence-electron chi connectivity index (χ2n) is 12.9. The molecular formula is C36H38F6N4O4S. The number of aromatic nitrogens is 1. The standard InChI is InChI=1S/C36H38F6N4O4S/c1-2-7-29-34(50-25-20-30(51-22-25)36(40,41)42,12-6-16-46(29)31(48)26-21-44-15-11-28(26)35(37,38)39)32(49)45-17-13-33(23-43,14-18-45)27-10-4-3-8-24(27)9-5-19-47/h3-4,8,10-11,15,20-22,29,47H,2,5-7,9,12-14,16-19H2,1H3/t29-,34-/m1/s1. The van der Waals surface area contributed by atoms with Gasteiger partial charge in [-0.15, -0.1) is 11.3 Å². The van der Waals surface area contributed by atoms with Gasteiger partial charge in [0.05, 0.1) is 28.7 Å². The highest BCUT2D eigenvalue weighted by molar-refractivity contribution is 7.10. The Labute approximate surface area is 295 Å². The number of halogens is 6. The summed E-state index contributed by atoms with van der Waals surface area (Å²) in [6.07, 6.45) is -5.75. The average Bonchev–Trinajstić information content (AvgIpc) is 3.60. The summed E-state index contributed by atoms with van der Waals surface area (Å²) in [6, 6.07) is 10.2. The van der Waals surface area contributed by atoms with Crippen LogP contribution < -0.4 is 4.74 Å². The van der Waals surface area contributed by atoms with Gasteiger partial charge in [0.1, 0.15) is 10.6 Å². The van der Waals surface area contributed by atoms with Gasteiger partial charge in [0, 0.05) is 56.5 Å². The smallest absolute Gasteiger partial charge is 0.425 e. The van der Waals surface area contributed by atoms with Crippen LogP contribution in [-0.4, -0.2) is 69.6 Å². The molecule has 0 saturated carbocycles. The van der Waals surface area contributed by atoms with Crippen LogP contribution in [0.1, 0.15) is 83.8 Å². The van der Waals surface area contributed by atoms with Crippen molar-refractivity contribution in [2.45, 2.75) is 87.7 Å². The largest absolute Gasteiger partial charge is 0.474 e. The number of nitriles is 1. The SMILES string of the molecule is CCC[C@H]1N(C(=O)c2cnccc2C(F)(F)F)CCC[C@]1(Oc1csc(C(F)(F)F)c1)C(=O)N1CCC(C#N)(c2ccccc2CCCO)CC1. The van der Waals surface area contributed by atoms with Crippen molar-refractivity contribution in [3.63, 3.8) is 0 Å². The molecule has 0 bridgehead atoms. The molecule has 2 saturated heterocycles. The number of carbonyl (C=O) groups excluding carboxylic acids is 2. The molecule has 4 heterocycles. The molecule has 0 unspecified atom stereocenters. The molecule has 2 aliphatic heterocycles. The van der Waals surface area contributed by atoms with Crippen LogP contribution in [0.2, 0.25) is 0 Å². The Morgan fingerprint density at radius 2 is 1.80 bits per heavy atom. The van der Waals surface area contributed by atoms with Crippen molar-refractivity contribution in [1.82, 2.24) is 14.8 Å². The molecule has 51 heavy (non-hydrogen) atoms. The summed E-state index contributed by atoms with van der Waals surface area (Å²) in [5, 5.41) is 21.0. The zero-order chi connectivity index (χ0) is 37.0. The second kappa shape index (κ2) is 15.2. The number of nitrogens with zero attached hydrogens (tertiary/aromatic N) is 4. The number of alkyl halides is 6. The van der Waals surface area contributed by atoms with E-state index in [-0.39, 0.29) is 64.1 Å². The van der Waals surface area contributed by atoms with Crippen molar-refractivity contribution in [3.05, 3.63) is 81.3 Å². The predicted octanol–water partition coefficient (Wildman–Crippen LogP) is 7.41. The number of aliphatic hydroxyl groups excluding tert-OH is 1. The molecule has 0 spiro atoms. The van der Waals surface area contributed by atoms with Gasteiger partial charge in [0.2, 0.25) is 5.60 Å². The van der Waals surface area contributed by atoms with Gasteiger partial charge >= 0.3 is 12.4 Å². The van der Waals surface area contributed by atoms with Crippen molar-refractivity contribution in [3.8, 4) is 11.8 Å². The lowest BCUT2D eigenvalue weighted by molar-refractivity contribution is -0.160. The second-order valence-corrected chi connectivity index (χ2v) is 13.8. The van der Waals surface area contributed by atoms with Crippen LogP contribution in [0.3, 0.4) is 0 Å². The summed E-state index contributed by atoms with van der Waals surface area (Å²) < 4.78 is 89.3. The fraction of sp³-hybridized carbons (Fsp3) is 0.500. The number of benzene rings is 1. The van der Waals surface area contributed by atoms with Crippen LogP contribution in [0, 0.1) is 11.3 Å². The van der Waals surface area contributed by atoms with E-state index in [0.29, 0.717) is 36.7 Å². The molecule has 1 N–H and O–H groups in total. The number of amides is 2. The summed E-state index contributed by atoms with van der Waals surface area (Å²) >= 11 is 0.381. The molecule has 3 aromatic rings. The lowest BCUT2D eigenvalue weighted by Crippen LogP contribution is -2.68. The highest BCUT2D eigenvalue weighted by Crippen LogP contribution is 2.44. The van der Waals surface area contributed by atoms with E-state index in [9.17, 15) is 46.3 Å². The first-order chi connectivity index (χ1) is 24.2.